The Hall–Kier alpha value is -4.72. The minimum atomic E-state index is -0.0792. The third-order valence-electron chi connectivity index (χ3n) is 5.19. The molecule has 0 aliphatic heterocycles. The van der Waals surface area contributed by atoms with Crippen molar-refractivity contribution < 1.29 is 9.59 Å². The van der Waals surface area contributed by atoms with Crippen LogP contribution < -0.4 is 21.3 Å². The minimum absolute atomic E-state index is 0.0792. The van der Waals surface area contributed by atoms with E-state index >= 15 is 0 Å². The Kier molecular flexibility index (Phi) is 12.1. The maximum atomic E-state index is 11.8. The average Bonchev–Trinajstić information content (AvgIpc) is 2.93. The Morgan fingerprint density at radius 3 is 2.13 bits per heavy atom. The van der Waals surface area contributed by atoms with Crippen molar-refractivity contribution in [2.75, 3.05) is 28.3 Å². The number of hydrogen-bond donors (Lipinski definition) is 3. The number of anilines is 5. The van der Waals surface area contributed by atoms with Gasteiger partial charge < -0.3 is 16.4 Å². The maximum Gasteiger partial charge on any atom is 0.255 e. The summed E-state index contributed by atoms with van der Waals surface area (Å²) < 4.78 is 0. The van der Waals surface area contributed by atoms with Crippen LogP contribution in [0.25, 0.3) is 0 Å². The zero-order valence-electron chi connectivity index (χ0n) is 23.5. The minimum Gasteiger partial charge on any atom is -0.388 e. The molecule has 8 heteroatoms. The number of aromatic nitrogens is 2. The molecule has 4 N–H and O–H groups in total. The number of benzene rings is 3. The molecule has 1 aromatic heterocycles. The lowest BCUT2D eigenvalue weighted by atomic mass is 10.2. The summed E-state index contributed by atoms with van der Waals surface area (Å²) in [4.78, 5) is 32.6. The van der Waals surface area contributed by atoms with Crippen molar-refractivity contribution in [3.63, 3.8) is 0 Å². The largest absolute Gasteiger partial charge is 0.388 e. The molecule has 0 unspecified atom stereocenters. The number of nitrogens with one attached hydrogen (secondary N) is 2. The van der Waals surface area contributed by atoms with Crippen LogP contribution in [-0.2, 0) is 4.79 Å². The van der Waals surface area contributed by atoms with Crippen molar-refractivity contribution in [1.29, 1.82) is 0 Å². The second-order valence-electron chi connectivity index (χ2n) is 9.40. The van der Waals surface area contributed by atoms with Crippen LogP contribution in [0.3, 0.4) is 0 Å². The van der Waals surface area contributed by atoms with Crippen molar-refractivity contribution >= 4 is 41.0 Å². The molecule has 0 spiro atoms. The highest BCUT2D eigenvalue weighted by Gasteiger charge is 2.14. The Labute approximate surface area is 231 Å². The van der Waals surface area contributed by atoms with Gasteiger partial charge in [-0.15, -0.1) is 0 Å². The first-order valence-corrected chi connectivity index (χ1v) is 12.7. The van der Waals surface area contributed by atoms with Crippen molar-refractivity contribution in [1.82, 2.24) is 9.97 Å². The molecular weight excluding hydrogens is 488 g/mol. The lowest BCUT2D eigenvalue weighted by molar-refractivity contribution is -0.106. The van der Waals surface area contributed by atoms with E-state index in [1.54, 1.807) is 19.1 Å². The van der Waals surface area contributed by atoms with Crippen LogP contribution in [0.2, 0.25) is 0 Å². The number of hydrogen-bond acceptors (Lipinski definition) is 6. The van der Waals surface area contributed by atoms with Gasteiger partial charge in [0.25, 0.3) is 5.91 Å². The van der Waals surface area contributed by atoms with Crippen molar-refractivity contribution in [3.8, 4) is 0 Å². The predicted molar refractivity (Wildman–Crippen MR) is 161 cm³/mol. The van der Waals surface area contributed by atoms with E-state index in [0.29, 0.717) is 34.9 Å². The van der Waals surface area contributed by atoms with E-state index in [4.69, 9.17) is 5.73 Å². The van der Waals surface area contributed by atoms with E-state index in [-0.39, 0.29) is 5.91 Å². The summed E-state index contributed by atoms with van der Waals surface area (Å²) in [6.07, 6.45) is 2.06. The van der Waals surface area contributed by atoms with Crippen molar-refractivity contribution in [2.45, 2.75) is 34.6 Å². The van der Waals surface area contributed by atoms with Gasteiger partial charge in [-0.2, -0.15) is 0 Å². The second kappa shape index (κ2) is 15.5. The summed E-state index contributed by atoms with van der Waals surface area (Å²) >= 11 is 0. The zero-order valence-corrected chi connectivity index (χ0v) is 23.5. The van der Waals surface area contributed by atoms with Crippen LogP contribution in [0.4, 0.5) is 28.7 Å². The highest BCUT2D eigenvalue weighted by atomic mass is 16.1. The molecule has 3 aromatic carbocycles. The molecule has 0 saturated carbocycles. The fourth-order valence-corrected chi connectivity index (χ4v) is 3.17. The number of rotatable bonds is 6. The van der Waals surface area contributed by atoms with Gasteiger partial charge >= 0.3 is 0 Å². The molecule has 8 nitrogen and oxygen atoms in total. The van der Waals surface area contributed by atoms with Gasteiger partial charge in [-0.25, -0.2) is 9.97 Å². The molecule has 4 rings (SSSR count). The van der Waals surface area contributed by atoms with Gasteiger partial charge in [0.2, 0.25) is 6.41 Å². The smallest absolute Gasteiger partial charge is 0.255 e. The normalized spacial score (nSPS) is 9.82. The van der Waals surface area contributed by atoms with Crippen LogP contribution in [0.1, 0.15) is 42.3 Å². The predicted octanol–water partition coefficient (Wildman–Crippen LogP) is 6.61. The van der Waals surface area contributed by atoms with Gasteiger partial charge in [0.15, 0.2) is 0 Å². The van der Waals surface area contributed by atoms with Gasteiger partial charge in [-0.1, -0.05) is 62.7 Å². The van der Waals surface area contributed by atoms with Crippen LogP contribution in [0.5, 0.6) is 0 Å². The molecule has 2 amide bonds. The summed E-state index contributed by atoms with van der Waals surface area (Å²) in [7, 11) is 1.82. The molecule has 204 valence electrons. The fraction of sp³-hybridized carbons (Fsp3) is 0.226. The topological polar surface area (TPSA) is 113 Å². The van der Waals surface area contributed by atoms with Gasteiger partial charge in [-0.05, 0) is 62.2 Å². The van der Waals surface area contributed by atoms with E-state index < -0.39 is 0 Å². The molecule has 0 aliphatic carbocycles. The van der Waals surface area contributed by atoms with Crippen LogP contribution in [0.15, 0.2) is 85.2 Å². The van der Waals surface area contributed by atoms with E-state index in [1.165, 1.54) is 16.8 Å². The summed E-state index contributed by atoms with van der Waals surface area (Å²) in [5.41, 5.74) is 10.7. The van der Waals surface area contributed by atoms with Crippen LogP contribution in [-0.4, -0.2) is 29.3 Å². The number of nitrogens with two attached hydrogens (primary N) is 1. The van der Waals surface area contributed by atoms with Gasteiger partial charge in [0, 0.05) is 29.5 Å². The Morgan fingerprint density at radius 2 is 1.54 bits per heavy atom. The molecule has 39 heavy (non-hydrogen) atoms. The van der Waals surface area contributed by atoms with Crippen molar-refractivity contribution in [3.05, 3.63) is 102 Å². The quantitative estimate of drug-likeness (QED) is 0.244. The molecule has 0 aliphatic rings. The van der Waals surface area contributed by atoms with Crippen LogP contribution in [0, 0.1) is 19.8 Å². The highest BCUT2D eigenvalue weighted by molar-refractivity contribution is 6.04. The molecular formula is C31H38N6O2. The third-order valence-corrected chi connectivity index (χ3v) is 5.19. The third kappa shape index (κ3) is 9.92. The number of amides is 2. The van der Waals surface area contributed by atoms with E-state index in [0.717, 1.165) is 17.3 Å². The Morgan fingerprint density at radius 1 is 0.897 bits per heavy atom. The number of carbonyl (C=O) groups excluding carboxylic acids is 2. The first-order valence-electron chi connectivity index (χ1n) is 12.7. The standard InChI is InChI=1S/C14H13NO.C13H15N5O.C4H10/c1-11-7-9-13(10-8-11)15-14(16)12-5-3-2-4-6-12;1-9-12(14)16-7-17-13(9)18(8-19)11-5-3-4-10(6-11)15-2;1-4(2)3/h2-10H,1H3,(H,15,16);3-8,15H,1-2H3,(H2,14,16,17);4H,1-3H3. The average molecular weight is 527 g/mol. The lowest BCUT2D eigenvalue weighted by Crippen LogP contribution is -2.18. The number of aryl methyl sites for hydroxylation is 1. The molecule has 0 bridgehead atoms. The monoisotopic (exact) mass is 526 g/mol. The first kappa shape index (κ1) is 30.5. The first-order chi connectivity index (χ1) is 18.7. The molecule has 0 fully saturated rings. The highest BCUT2D eigenvalue weighted by Crippen LogP contribution is 2.28. The van der Waals surface area contributed by atoms with E-state index in [9.17, 15) is 9.59 Å². The summed E-state index contributed by atoms with van der Waals surface area (Å²) in [5.74, 6) is 1.60. The fourth-order valence-electron chi connectivity index (χ4n) is 3.17. The zero-order chi connectivity index (χ0) is 28.8. The van der Waals surface area contributed by atoms with Crippen LogP contribution >= 0.6 is 0 Å². The van der Waals surface area contributed by atoms with E-state index in [2.05, 4.69) is 41.4 Å². The molecule has 0 atom stereocenters. The molecule has 4 aromatic rings. The van der Waals surface area contributed by atoms with Gasteiger partial charge in [0.1, 0.15) is 18.0 Å². The summed E-state index contributed by atoms with van der Waals surface area (Å²) in [5, 5.41) is 5.87. The lowest BCUT2D eigenvalue weighted by Gasteiger charge is -2.19. The summed E-state index contributed by atoms with van der Waals surface area (Å²) in [6.45, 7) is 10.3. The Balaban J connectivity index is 0.000000243. The van der Waals surface area contributed by atoms with Crippen molar-refractivity contribution in [2.24, 2.45) is 5.92 Å². The second-order valence-corrected chi connectivity index (χ2v) is 9.40. The van der Waals surface area contributed by atoms with Gasteiger partial charge in [0.05, 0.1) is 5.69 Å². The molecule has 1 heterocycles. The Bertz CT molecular complexity index is 1320. The van der Waals surface area contributed by atoms with E-state index in [1.807, 2.05) is 80.7 Å². The molecule has 0 saturated heterocycles. The SMILES string of the molecule is CC(C)C.CNc1cccc(N(C=O)c2ncnc(N)c2C)c1.Cc1ccc(NC(=O)c2ccccc2)cc1. The molecule has 0 radical (unpaired) electrons. The van der Waals surface area contributed by atoms with Gasteiger partial charge in [-0.3, -0.25) is 14.5 Å². The number of nitrogen functional groups attached to an aromatic ring is 1. The summed E-state index contributed by atoms with van der Waals surface area (Å²) in [6, 6.07) is 24.4. The maximum absolute atomic E-state index is 11.8. The number of nitrogens with zero attached hydrogens (tertiary/aromatic N) is 3. The number of carbonyl (C=O) groups is 2.